The molecule has 19 heavy (non-hydrogen) atoms. The molecule has 0 spiro atoms. The summed E-state index contributed by atoms with van der Waals surface area (Å²) in [6.07, 6.45) is 1.82. The maximum Gasteiger partial charge on any atom is 0.129 e. The van der Waals surface area contributed by atoms with Gasteiger partial charge in [0, 0.05) is 31.4 Å². The average molecular weight is 263 g/mol. The van der Waals surface area contributed by atoms with E-state index in [1.807, 2.05) is 24.0 Å². The molecule has 0 radical (unpaired) electrons. The van der Waals surface area contributed by atoms with E-state index in [-0.39, 0.29) is 6.61 Å². The molecule has 0 saturated heterocycles. The number of nitrogens with one attached hydrogen (secondary N) is 1. The number of aromatic nitrogens is 1. The summed E-state index contributed by atoms with van der Waals surface area (Å²) in [7, 11) is 0. The van der Waals surface area contributed by atoms with E-state index in [9.17, 15) is 0 Å². The van der Waals surface area contributed by atoms with E-state index < -0.39 is 0 Å². The van der Waals surface area contributed by atoms with E-state index in [0.29, 0.717) is 19.1 Å². The van der Waals surface area contributed by atoms with Crippen molar-refractivity contribution in [2.75, 3.05) is 24.6 Å². The summed E-state index contributed by atoms with van der Waals surface area (Å²) in [6.45, 7) is 12.2. The molecule has 0 unspecified atom stereocenters. The van der Waals surface area contributed by atoms with Crippen LogP contribution in [0.5, 0.6) is 0 Å². The first-order chi connectivity index (χ1) is 9.08. The second kappa shape index (κ2) is 7.92. The van der Waals surface area contributed by atoms with Crippen LogP contribution in [0.4, 0.5) is 5.82 Å². The number of hydrogen-bond donors (Lipinski definition) is 2. The Labute approximate surface area is 116 Å². The number of hydrogen-bond acceptors (Lipinski definition) is 4. The van der Waals surface area contributed by atoms with Crippen molar-refractivity contribution >= 4 is 5.82 Å². The molecular weight excluding hydrogens is 238 g/mol. The zero-order valence-corrected chi connectivity index (χ0v) is 12.2. The first-order valence-corrected chi connectivity index (χ1v) is 6.75. The minimum absolute atomic E-state index is 0.116. The minimum Gasteiger partial charge on any atom is -0.395 e. The Morgan fingerprint density at radius 1 is 1.47 bits per heavy atom. The standard InChI is InChI=1S/C15H25N3O/c1-5-8-18(9-10-19)15-7-6-14(13(4)17-15)11-16-12(2)3/h5-7,12,16,19H,1,8-11H2,2-4H3. The molecule has 0 amide bonds. The van der Waals surface area contributed by atoms with Crippen molar-refractivity contribution in [1.29, 1.82) is 0 Å². The monoisotopic (exact) mass is 263 g/mol. The molecule has 0 fully saturated rings. The number of aliphatic hydroxyl groups excluding tert-OH is 1. The van der Waals surface area contributed by atoms with Gasteiger partial charge in [-0.1, -0.05) is 26.0 Å². The fourth-order valence-electron chi connectivity index (χ4n) is 1.83. The fourth-order valence-corrected chi connectivity index (χ4v) is 1.83. The third-order valence-electron chi connectivity index (χ3n) is 2.92. The molecule has 106 valence electrons. The Kier molecular flexibility index (Phi) is 6.53. The summed E-state index contributed by atoms with van der Waals surface area (Å²) in [5, 5.41) is 12.5. The topological polar surface area (TPSA) is 48.4 Å². The summed E-state index contributed by atoms with van der Waals surface area (Å²) in [5.74, 6) is 0.889. The lowest BCUT2D eigenvalue weighted by molar-refractivity contribution is 0.302. The number of pyridine rings is 1. The van der Waals surface area contributed by atoms with Crippen molar-refractivity contribution in [3.8, 4) is 0 Å². The highest BCUT2D eigenvalue weighted by Gasteiger charge is 2.08. The van der Waals surface area contributed by atoms with E-state index in [4.69, 9.17) is 5.11 Å². The van der Waals surface area contributed by atoms with E-state index in [1.165, 1.54) is 5.56 Å². The highest BCUT2D eigenvalue weighted by Crippen LogP contribution is 2.15. The van der Waals surface area contributed by atoms with Crippen LogP contribution in [0.2, 0.25) is 0 Å². The lowest BCUT2D eigenvalue weighted by Gasteiger charge is -2.22. The van der Waals surface area contributed by atoms with Gasteiger partial charge in [0.2, 0.25) is 0 Å². The van der Waals surface area contributed by atoms with Crippen LogP contribution in [-0.4, -0.2) is 35.8 Å². The van der Waals surface area contributed by atoms with Crippen LogP contribution in [-0.2, 0) is 6.54 Å². The Morgan fingerprint density at radius 2 is 2.21 bits per heavy atom. The molecule has 2 N–H and O–H groups in total. The maximum absolute atomic E-state index is 9.08. The van der Waals surface area contributed by atoms with Gasteiger partial charge in [-0.2, -0.15) is 0 Å². The smallest absolute Gasteiger partial charge is 0.129 e. The molecule has 1 aromatic rings. The third kappa shape index (κ3) is 5.01. The first-order valence-electron chi connectivity index (χ1n) is 6.75. The van der Waals surface area contributed by atoms with Crippen LogP contribution in [0.1, 0.15) is 25.1 Å². The predicted molar refractivity (Wildman–Crippen MR) is 80.4 cm³/mol. The summed E-state index contributed by atoms with van der Waals surface area (Å²) >= 11 is 0. The molecule has 0 saturated carbocycles. The highest BCUT2D eigenvalue weighted by atomic mass is 16.3. The van der Waals surface area contributed by atoms with Crippen LogP contribution in [0.3, 0.4) is 0 Å². The molecule has 1 aromatic heterocycles. The summed E-state index contributed by atoms with van der Waals surface area (Å²) in [4.78, 5) is 6.63. The van der Waals surface area contributed by atoms with Gasteiger partial charge in [-0.25, -0.2) is 4.98 Å². The van der Waals surface area contributed by atoms with Crippen LogP contribution in [0.15, 0.2) is 24.8 Å². The lowest BCUT2D eigenvalue weighted by atomic mass is 10.2. The molecule has 0 aliphatic carbocycles. The number of aryl methyl sites for hydroxylation is 1. The predicted octanol–water partition coefficient (Wildman–Crippen LogP) is 1.87. The van der Waals surface area contributed by atoms with Crippen molar-refractivity contribution in [1.82, 2.24) is 10.3 Å². The molecule has 0 bridgehead atoms. The molecule has 0 atom stereocenters. The van der Waals surface area contributed by atoms with Crippen molar-refractivity contribution < 1.29 is 5.11 Å². The van der Waals surface area contributed by atoms with Gasteiger partial charge in [0.05, 0.1) is 6.61 Å². The summed E-state index contributed by atoms with van der Waals surface area (Å²) < 4.78 is 0. The number of nitrogens with zero attached hydrogens (tertiary/aromatic N) is 2. The molecule has 0 aliphatic heterocycles. The quantitative estimate of drug-likeness (QED) is 0.703. The van der Waals surface area contributed by atoms with Gasteiger partial charge in [0.25, 0.3) is 0 Å². The van der Waals surface area contributed by atoms with E-state index in [0.717, 1.165) is 18.1 Å². The first kappa shape index (κ1) is 15.7. The second-order valence-electron chi connectivity index (χ2n) is 4.91. The van der Waals surface area contributed by atoms with Crippen molar-refractivity contribution in [3.05, 3.63) is 36.0 Å². The Morgan fingerprint density at radius 3 is 2.74 bits per heavy atom. The van der Waals surface area contributed by atoms with Crippen molar-refractivity contribution in [2.45, 2.75) is 33.4 Å². The van der Waals surface area contributed by atoms with E-state index >= 15 is 0 Å². The molecule has 4 heteroatoms. The third-order valence-corrected chi connectivity index (χ3v) is 2.92. The molecule has 0 aromatic carbocycles. The van der Waals surface area contributed by atoms with Crippen LogP contribution >= 0.6 is 0 Å². The second-order valence-corrected chi connectivity index (χ2v) is 4.91. The average Bonchev–Trinajstić information content (AvgIpc) is 2.37. The van der Waals surface area contributed by atoms with Gasteiger partial charge in [-0.3, -0.25) is 0 Å². The lowest BCUT2D eigenvalue weighted by Crippen LogP contribution is -2.28. The van der Waals surface area contributed by atoms with Gasteiger partial charge in [-0.05, 0) is 18.6 Å². The number of aliphatic hydroxyl groups is 1. The van der Waals surface area contributed by atoms with Crippen molar-refractivity contribution in [3.63, 3.8) is 0 Å². The van der Waals surface area contributed by atoms with Gasteiger partial charge in [0.15, 0.2) is 0 Å². The molecule has 1 rings (SSSR count). The maximum atomic E-state index is 9.08. The number of anilines is 1. The zero-order valence-electron chi connectivity index (χ0n) is 12.2. The SMILES string of the molecule is C=CCN(CCO)c1ccc(CNC(C)C)c(C)n1. The van der Waals surface area contributed by atoms with Crippen LogP contribution in [0.25, 0.3) is 0 Å². The molecule has 4 nitrogen and oxygen atoms in total. The molecule has 1 heterocycles. The van der Waals surface area contributed by atoms with Gasteiger partial charge < -0.3 is 15.3 Å². The van der Waals surface area contributed by atoms with Gasteiger partial charge in [-0.15, -0.1) is 6.58 Å². The normalized spacial score (nSPS) is 10.8. The Balaban J connectivity index is 2.81. The minimum atomic E-state index is 0.116. The van der Waals surface area contributed by atoms with Gasteiger partial charge >= 0.3 is 0 Å². The fraction of sp³-hybridized carbons (Fsp3) is 0.533. The summed E-state index contributed by atoms with van der Waals surface area (Å²) in [6, 6.07) is 4.56. The highest BCUT2D eigenvalue weighted by molar-refractivity contribution is 5.42. The van der Waals surface area contributed by atoms with Crippen molar-refractivity contribution in [2.24, 2.45) is 0 Å². The largest absolute Gasteiger partial charge is 0.395 e. The van der Waals surface area contributed by atoms with Crippen LogP contribution in [0, 0.1) is 6.92 Å². The zero-order chi connectivity index (χ0) is 14.3. The summed E-state index contributed by atoms with van der Waals surface area (Å²) in [5.41, 5.74) is 2.23. The van der Waals surface area contributed by atoms with Crippen LogP contribution < -0.4 is 10.2 Å². The van der Waals surface area contributed by atoms with E-state index in [1.54, 1.807) is 0 Å². The molecular formula is C15H25N3O. The molecule has 0 aliphatic rings. The van der Waals surface area contributed by atoms with Gasteiger partial charge in [0.1, 0.15) is 5.82 Å². The Bertz CT molecular complexity index is 404. The Hall–Kier alpha value is -1.39. The number of rotatable bonds is 8. The van der Waals surface area contributed by atoms with E-state index in [2.05, 4.69) is 36.8 Å².